The summed E-state index contributed by atoms with van der Waals surface area (Å²) in [5, 5.41) is 10.7. The summed E-state index contributed by atoms with van der Waals surface area (Å²) in [5.74, 6) is 0. The lowest BCUT2D eigenvalue weighted by Crippen LogP contribution is -2.73. The highest BCUT2D eigenvalue weighted by molar-refractivity contribution is 7.23. The van der Waals surface area contributed by atoms with Crippen LogP contribution in [-0.4, -0.2) is 8.07 Å². The first-order valence-corrected chi connectivity index (χ1v) is 23.4. The van der Waals surface area contributed by atoms with Gasteiger partial charge in [0.25, 0.3) is 0 Å². The average molecular weight is 794 g/mol. The van der Waals surface area contributed by atoms with Crippen LogP contribution in [-0.2, 0) is 5.41 Å². The van der Waals surface area contributed by atoms with E-state index in [0.717, 1.165) is 11.4 Å². The lowest BCUT2D eigenvalue weighted by atomic mass is 9.82. The molecule has 61 heavy (non-hydrogen) atoms. The Morgan fingerprint density at radius 3 is 1.61 bits per heavy atom. The zero-order valence-electron chi connectivity index (χ0n) is 34.3. The molecule has 0 radical (unpaired) electrons. The number of nitrogens with zero attached hydrogens (tertiary/aromatic N) is 1. The van der Waals surface area contributed by atoms with Crippen LogP contribution >= 0.6 is 0 Å². The molecule has 12 rings (SSSR count). The highest BCUT2D eigenvalue weighted by Gasteiger charge is 2.51. The SMILES string of the molecule is CC1(C)c2ccccc2-c2ccc(N(c3ccc(-c4ccccc4)cc3)c3cccc4c3[Si](c3ccc5ccccc5c3)(c3ccc5ccccc5c3)c3ccccc3-4)cc21. The molecule has 288 valence electrons. The third-order valence-electron chi connectivity index (χ3n) is 13.7. The number of hydrogen-bond acceptors (Lipinski definition) is 1. The van der Waals surface area contributed by atoms with Gasteiger partial charge in [0.05, 0.1) is 0 Å². The van der Waals surface area contributed by atoms with Gasteiger partial charge in [0.15, 0.2) is 8.07 Å². The van der Waals surface area contributed by atoms with E-state index in [9.17, 15) is 0 Å². The molecule has 0 N–H and O–H groups in total. The van der Waals surface area contributed by atoms with Crippen LogP contribution in [0.2, 0.25) is 0 Å². The maximum absolute atomic E-state index is 3.04. The standard InChI is InChI=1S/C59H43NSi/c1-59(2)54-24-12-10-21-50(54)51-36-33-47(39-55(51)59)60(46-31-27-43(28-32-46)40-15-4-3-5-16-40)56-25-14-23-53-52-22-11-13-26-57(52)61(58(53)56,48-34-29-41-17-6-8-19-44(41)37-48)49-35-30-42-18-7-9-20-45(42)38-49/h3-39H,1-2H3. The van der Waals surface area contributed by atoms with Crippen molar-refractivity contribution in [2.75, 3.05) is 4.90 Å². The minimum Gasteiger partial charge on any atom is -0.311 e. The van der Waals surface area contributed by atoms with Crippen molar-refractivity contribution < 1.29 is 0 Å². The molecule has 1 heterocycles. The Kier molecular flexibility index (Phi) is 7.97. The van der Waals surface area contributed by atoms with Gasteiger partial charge in [-0.3, -0.25) is 0 Å². The zero-order chi connectivity index (χ0) is 40.7. The number of fused-ring (bicyclic) bond motifs is 8. The van der Waals surface area contributed by atoms with Crippen molar-refractivity contribution in [3.63, 3.8) is 0 Å². The molecule has 10 aromatic rings. The highest BCUT2D eigenvalue weighted by atomic mass is 28.3. The van der Waals surface area contributed by atoms with E-state index < -0.39 is 8.07 Å². The molecular formula is C59H43NSi. The minimum absolute atomic E-state index is 0.145. The zero-order valence-corrected chi connectivity index (χ0v) is 35.3. The summed E-state index contributed by atoms with van der Waals surface area (Å²) >= 11 is 0. The summed E-state index contributed by atoms with van der Waals surface area (Å²) in [7, 11) is -3.04. The second-order valence-corrected chi connectivity index (χ2v) is 21.0. The normalized spacial score (nSPS) is 14.0. The highest BCUT2D eigenvalue weighted by Crippen LogP contribution is 2.51. The Labute approximate surface area is 358 Å². The third kappa shape index (κ3) is 5.32. The summed E-state index contributed by atoms with van der Waals surface area (Å²) in [5.41, 5.74) is 13.9. The molecule has 0 unspecified atom stereocenters. The van der Waals surface area contributed by atoms with Crippen molar-refractivity contribution in [2.24, 2.45) is 0 Å². The van der Waals surface area contributed by atoms with E-state index >= 15 is 0 Å². The van der Waals surface area contributed by atoms with Crippen LogP contribution in [0.3, 0.4) is 0 Å². The molecule has 0 spiro atoms. The number of rotatable bonds is 6. The van der Waals surface area contributed by atoms with Crippen molar-refractivity contribution in [2.45, 2.75) is 19.3 Å². The smallest absolute Gasteiger partial charge is 0.183 e. The molecule has 0 aromatic heterocycles. The van der Waals surface area contributed by atoms with Crippen molar-refractivity contribution in [1.82, 2.24) is 0 Å². The van der Waals surface area contributed by atoms with Crippen molar-refractivity contribution >= 4 is 67.4 Å². The van der Waals surface area contributed by atoms with Crippen LogP contribution in [0, 0.1) is 0 Å². The molecule has 1 aliphatic carbocycles. The van der Waals surface area contributed by atoms with Crippen molar-refractivity contribution in [3.05, 3.63) is 236 Å². The Morgan fingerprint density at radius 2 is 0.902 bits per heavy atom. The molecular weight excluding hydrogens is 751 g/mol. The molecule has 0 fully saturated rings. The molecule has 0 atom stereocenters. The van der Waals surface area contributed by atoms with Gasteiger partial charge in [-0.15, -0.1) is 0 Å². The van der Waals surface area contributed by atoms with Crippen LogP contribution in [0.4, 0.5) is 17.1 Å². The van der Waals surface area contributed by atoms with Gasteiger partial charge < -0.3 is 4.90 Å². The van der Waals surface area contributed by atoms with E-state index in [1.54, 1.807) is 0 Å². The predicted molar refractivity (Wildman–Crippen MR) is 262 cm³/mol. The van der Waals surface area contributed by atoms with Gasteiger partial charge in [0, 0.05) is 22.5 Å². The van der Waals surface area contributed by atoms with E-state index in [4.69, 9.17) is 0 Å². The Morgan fingerprint density at radius 1 is 0.361 bits per heavy atom. The third-order valence-corrected chi connectivity index (χ3v) is 18.6. The number of hydrogen-bond donors (Lipinski definition) is 0. The van der Waals surface area contributed by atoms with E-state index in [0.29, 0.717) is 0 Å². The molecule has 0 saturated heterocycles. The van der Waals surface area contributed by atoms with Gasteiger partial charge in [-0.05, 0) is 117 Å². The van der Waals surface area contributed by atoms with Crippen LogP contribution < -0.4 is 25.6 Å². The van der Waals surface area contributed by atoms with Gasteiger partial charge in [-0.1, -0.05) is 208 Å². The maximum Gasteiger partial charge on any atom is 0.183 e. The fraction of sp³-hybridized carbons (Fsp3) is 0.0508. The maximum atomic E-state index is 2.57. The summed E-state index contributed by atoms with van der Waals surface area (Å²) in [6.07, 6.45) is 0. The second kappa shape index (κ2) is 13.6. The fourth-order valence-corrected chi connectivity index (χ4v) is 16.2. The van der Waals surface area contributed by atoms with E-state index in [1.807, 2.05) is 0 Å². The summed E-state index contributed by atoms with van der Waals surface area (Å²) < 4.78 is 0. The van der Waals surface area contributed by atoms with Gasteiger partial charge in [-0.25, -0.2) is 0 Å². The van der Waals surface area contributed by atoms with Crippen molar-refractivity contribution in [1.29, 1.82) is 0 Å². The molecule has 1 aliphatic heterocycles. The van der Waals surface area contributed by atoms with Gasteiger partial charge in [0.2, 0.25) is 0 Å². The molecule has 2 heteroatoms. The summed E-state index contributed by atoms with van der Waals surface area (Å²) in [6.45, 7) is 4.77. The van der Waals surface area contributed by atoms with Crippen molar-refractivity contribution in [3.8, 4) is 33.4 Å². The molecule has 0 saturated carbocycles. The second-order valence-electron chi connectivity index (χ2n) is 17.3. The lowest BCUT2D eigenvalue weighted by Gasteiger charge is -2.36. The van der Waals surface area contributed by atoms with Crippen LogP contribution in [0.1, 0.15) is 25.0 Å². The quantitative estimate of drug-likeness (QED) is 0.152. The first kappa shape index (κ1) is 35.7. The molecule has 10 aromatic carbocycles. The predicted octanol–water partition coefficient (Wildman–Crippen LogP) is 12.8. The van der Waals surface area contributed by atoms with Gasteiger partial charge >= 0.3 is 0 Å². The molecule has 2 aliphatic rings. The van der Waals surface area contributed by atoms with E-state index in [2.05, 4.69) is 243 Å². The van der Waals surface area contributed by atoms with Gasteiger partial charge in [-0.2, -0.15) is 0 Å². The largest absolute Gasteiger partial charge is 0.311 e. The van der Waals surface area contributed by atoms with Gasteiger partial charge in [0.1, 0.15) is 0 Å². The average Bonchev–Trinajstić information content (AvgIpc) is 3.75. The number of anilines is 3. The molecule has 0 bridgehead atoms. The first-order valence-electron chi connectivity index (χ1n) is 21.4. The monoisotopic (exact) mass is 793 g/mol. The minimum atomic E-state index is -3.04. The fourth-order valence-electron chi connectivity index (χ4n) is 10.8. The Hall–Kier alpha value is -7.26. The molecule has 1 nitrogen and oxygen atoms in total. The number of benzene rings is 10. The Balaban J connectivity index is 1.18. The van der Waals surface area contributed by atoms with Crippen LogP contribution in [0.25, 0.3) is 54.9 Å². The first-order chi connectivity index (χ1) is 30.0. The lowest BCUT2D eigenvalue weighted by molar-refractivity contribution is 0.660. The molecule has 0 amide bonds. The summed E-state index contributed by atoms with van der Waals surface area (Å²) in [6, 6.07) is 84.7. The van der Waals surface area contributed by atoms with E-state index in [1.165, 1.54) is 92.5 Å². The topological polar surface area (TPSA) is 3.24 Å². The van der Waals surface area contributed by atoms with Crippen LogP contribution in [0.5, 0.6) is 0 Å². The Bertz CT molecular complexity index is 3260. The van der Waals surface area contributed by atoms with E-state index in [-0.39, 0.29) is 5.41 Å². The summed E-state index contributed by atoms with van der Waals surface area (Å²) in [4.78, 5) is 2.57. The van der Waals surface area contributed by atoms with Crippen LogP contribution in [0.15, 0.2) is 224 Å².